The molecule has 1 fully saturated rings. The molecule has 5 nitrogen and oxygen atoms in total. The molecule has 0 saturated heterocycles. The molecule has 0 atom stereocenters. The minimum Gasteiger partial charge on any atom is -0.479 e. The van der Waals surface area contributed by atoms with Gasteiger partial charge < -0.3 is 16.3 Å². The predicted molar refractivity (Wildman–Crippen MR) is 94.4 cm³/mol. The average molecular weight is 364 g/mol. The second-order valence-corrected chi connectivity index (χ2v) is 6.99. The van der Waals surface area contributed by atoms with E-state index in [1.165, 1.54) is 18.6 Å². The second kappa shape index (κ2) is 7.69. The van der Waals surface area contributed by atoms with Crippen LogP contribution in [-0.2, 0) is 0 Å². The number of pyridine rings is 1. The van der Waals surface area contributed by atoms with Crippen LogP contribution < -0.4 is 16.3 Å². The lowest BCUT2D eigenvalue weighted by Crippen LogP contribution is -2.23. The highest BCUT2D eigenvalue weighted by Crippen LogP contribution is 2.40. The summed E-state index contributed by atoms with van der Waals surface area (Å²) >= 11 is 1.65. The Morgan fingerprint density at radius 1 is 1.32 bits per heavy atom. The number of halogens is 2. The zero-order valence-electron chi connectivity index (χ0n) is 13.4. The number of nitrogens with zero attached hydrogens (tertiary/aromatic N) is 2. The number of thioether (sulfide) groups is 1. The molecule has 1 aromatic heterocycles. The molecule has 0 radical (unpaired) electrons. The Kier molecular flexibility index (Phi) is 5.37. The third-order valence-corrected chi connectivity index (χ3v) is 5.29. The highest BCUT2D eigenvalue weighted by molar-refractivity contribution is 8.00. The van der Waals surface area contributed by atoms with E-state index in [0.29, 0.717) is 16.4 Å². The first-order valence-corrected chi connectivity index (χ1v) is 8.72. The average Bonchev–Trinajstić information content (AvgIpc) is 2.57. The fraction of sp³-hybridized carbons (Fsp3) is 0.294. The van der Waals surface area contributed by atoms with Crippen molar-refractivity contribution in [2.24, 2.45) is 16.7 Å². The molecule has 3 rings (SSSR count). The Bertz CT molecular complexity index is 773. The van der Waals surface area contributed by atoms with Crippen molar-refractivity contribution in [2.75, 3.05) is 6.61 Å². The molecule has 1 heterocycles. The van der Waals surface area contributed by atoms with Crippen molar-refractivity contribution in [1.82, 2.24) is 4.98 Å². The Morgan fingerprint density at radius 2 is 2.04 bits per heavy atom. The normalized spacial score (nSPS) is 15.0. The molecule has 1 aliphatic rings. The molecule has 4 N–H and O–H groups in total. The Labute approximate surface area is 148 Å². The van der Waals surface area contributed by atoms with Gasteiger partial charge in [0.05, 0.1) is 0 Å². The Balaban J connectivity index is 1.88. The Hall–Kier alpha value is -2.35. The van der Waals surface area contributed by atoms with Crippen molar-refractivity contribution in [3.63, 3.8) is 0 Å². The van der Waals surface area contributed by atoms with Gasteiger partial charge in [0, 0.05) is 17.0 Å². The van der Waals surface area contributed by atoms with E-state index in [4.69, 9.17) is 16.3 Å². The lowest BCUT2D eigenvalue weighted by molar-refractivity contribution is 0.330. The third kappa shape index (κ3) is 4.01. The van der Waals surface area contributed by atoms with Crippen LogP contribution in [0.1, 0.15) is 19.3 Å². The van der Waals surface area contributed by atoms with E-state index in [1.807, 2.05) is 6.07 Å². The molecule has 1 saturated carbocycles. The molecule has 0 unspecified atom stereocenters. The number of benzene rings is 1. The Morgan fingerprint density at radius 3 is 2.64 bits per heavy atom. The molecule has 0 bridgehead atoms. The number of hydrazone groups is 1. The highest BCUT2D eigenvalue weighted by atomic mass is 32.2. The summed E-state index contributed by atoms with van der Waals surface area (Å²) in [5, 5.41) is 4.49. The second-order valence-electron chi connectivity index (χ2n) is 5.71. The minimum atomic E-state index is -0.816. The van der Waals surface area contributed by atoms with Crippen LogP contribution in [0.25, 0.3) is 11.1 Å². The van der Waals surface area contributed by atoms with Gasteiger partial charge in [0.15, 0.2) is 23.2 Å². The monoisotopic (exact) mass is 364 g/mol. The first kappa shape index (κ1) is 17.5. The number of rotatable bonds is 6. The van der Waals surface area contributed by atoms with Crippen molar-refractivity contribution in [1.29, 1.82) is 0 Å². The van der Waals surface area contributed by atoms with Crippen LogP contribution >= 0.6 is 11.8 Å². The molecular formula is C17H18F2N4OS. The molecule has 1 aliphatic carbocycles. The maximum atomic E-state index is 14.3. The maximum Gasteiger partial charge on any atom is 0.191 e. The lowest BCUT2D eigenvalue weighted by atomic mass is 10.00. The third-order valence-electron chi connectivity index (χ3n) is 3.94. The number of hydrogen-bond donors (Lipinski definition) is 2. The van der Waals surface area contributed by atoms with Gasteiger partial charge >= 0.3 is 0 Å². The van der Waals surface area contributed by atoms with Crippen molar-refractivity contribution in [3.05, 3.63) is 42.1 Å². The van der Waals surface area contributed by atoms with Gasteiger partial charge in [0.2, 0.25) is 0 Å². The summed E-state index contributed by atoms with van der Waals surface area (Å²) in [6.07, 6.45) is 5.18. The van der Waals surface area contributed by atoms with Crippen LogP contribution in [0.15, 0.2) is 40.6 Å². The lowest BCUT2D eigenvalue weighted by Gasteiger charge is -2.25. The first-order valence-electron chi connectivity index (χ1n) is 7.84. The van der Waals surface area contributed by atoms with Gasteiger partial charge in [-0.2, -0.15) is 5.10 Å². The van der Waals surface area contributed by atoms with Crippen LogP contribution in [0.4, 0.5) is 8.78 Å². The number of amidine groups is 1. The maximum absolute atomic E-state index is 14.3. The van der Waals surface area contributed by atoms with E-state index in [1.54, 1.807) is 24.0 Å². The summed E-state index contributed by atoms with van der Waals surface area (Å²) < 4.78 is 33.7. The molecule has 8 heteroatoms. The summed E-state index contributed by atoms with van der Waals surface area (Å²) in [6, 6.07) is 6.02. The summed E-state index contributed by atoms with van der Waals surface area (Å²) in [7, 11) is 0. The van der Waals surface area contributed by atoms with Gasteiger partial charge in [-0.1, -0.05) is 12.5 Å². The zero-order valence-corrected chi connectivity index (χ0v) is 14.2. The van der Waals surface area contributed by atoms with Gasteiger partial charge in [-0.05, 0) is 36.6 Å². The first-order chi connectivity index (χ1) is 12.1. The highest BCUT2D eigenvalue weighted by Gasteiger charge is 2.22. The largest absolute Gasteiger partial charge is 0.479 e. The summed E-state index contributed by atoms with van der Waals surface area (Å²) in [5.41, 5.74) is 6.49. The molecule has 2 aromatic rings. The van der Waals surface area contributed by atoms with Crippen LogP contribution in [0.5, 0.6) is 5.75 Å². The molecule has 0 spiro atoms. The zero-order chi connectivity index (χ0) is 17.8. The van der Waals surface area contributed by atoms with Gasteiger partial charge in [-0.15, -0.1) is 11.8 Å². The predicted octanol–water partition coefficient (Wildman–Crippen LogP) is 3.28. The van der Waals surface area contributed by atoms with Crippen molar-refractivity contribution in [3.8, 4) is 16.9 Å². The van der Waals surface area contributed by atoms with Gasteiger partial charge in [0.1, 0.15) is 11.6 Å². The van der Waals surface area contributed by atoms with Gasteiger partial charge in [-0.25, -0.2) is 13.8 Å². The summed E-state index contributed by atoms with van der Waals surface area (Å²) in [4.78, 5) is 4.37. The number of hydrogen-bond acceptors (Lipinski definition) is 5. The van der Waals surface area contributed by atoms with Gasteiger partial charge in [-0.3, -0.25) is 0 Å². The van der Waals surface area contributed by atoms with Crippen molar-refractivity contribution in [2.45, 2.75) is 29.5 Å². The number of aromatic nitrogens is 1. The molecule has 132 valence electrons. The summed E-state index contributed by atoms with van der Waals surface area (Å²) in [6.45, 7) is -0.292. The van der Waals surface area contributed by atoms with Crippen LogP contribution in [-0.4, -0.2) is 22.7 Å². The van der Waals surface area contributed by atoms with Crippen LogP contribution in [0.3, 0.4) is 0 Å². The van der Waals surface area contributed by atoms with Crippen LogP contribution in [0, 0.1) is 11.6 Å². The molecular weight excluding hydrogens is 346 g/mol. The van der Waals surface area contributed by atoms with E-state index in [-0.39, 0.29) is 12.4 Å². The fourth-order valence-corrected chi connectivity index (χ4v) is 3.71. The fourth-order valence-electron chi connectivity index (χ4n) is 2.39. The van der Waals surface area contributed by atoms with E-state index in [9.17, 15) is 8.78 Å². The number of ether oxygens (including phenoxy) is 1. The van der Waals surface area contributed by atoms with Crippen LogP contribution in [0.2, 0.25) is 0 Å². The quantitative estimate of drug-likeness (QED) is 0.355. The summed E-state index contributed by atoms with van der Waals surface area (Å²) in [5.74, 6) is 2.77. The SMILES string of the molecule is N/N=C(\N)COc1c(F)cc(-c2cccnc2SC2CCC2)cc1F. The van der Waals surface area contributed by atoms with Gasteiger partial charge in [0.25, 0.3) is 0 Å². The van der Waals surface area contributed by atoms with E-state index >= 15 is 0 Å². The smallest absolute Gasteiger partial charge is 0.191 e. The molecule has 0 aliphatic heterocycles. The molecule has 0 amide bonds. The molecule has 25 heavy (non-hydrogen) atoms. The van der Waals surface area contributed by atoms with Crippen molar-refractivity contribution < 1.29 is 13.5 Å². The molecule has 1 aromatic carbocycles. The minimum absolute atomic E-state index is 0.0608. The van der Waals surface area contributed by atoms with E-state index < -0.39 is 17.4 Å². The van der Waals surface area contributed by atoms with E-state index in [0.717, 1.165) is 17.9 Å². The van der Waals surface area contributed by atoms with Crippen molar-refractivity contribution >= 4 is 17.6 Å². The standard InChI is InChI=1S/C17H18F2N4OS/c18-13-7-10(8-14(19)16(13)24-9-15(20)23-21)12-5-2-6-22-17(12)25-11-3-1-4-11/h2,5-8,11H,1,3-4,9,21H2,(H2,20,23). The van der Waals surface area contributed by atoms with E-state index in [2.05, 4.69) is 10.1 Å². The number of nitrogens with two attached hydrogens (primary N) is 2. The topological polar surface area (TPSA) is 86.5 Å².